The van der Waals surface area contributed by atoms with E-state index >= 15 is 0 Å². The molecule has 17 heavy (non-hydrogen) atoms. The van der Waals surface area contributed by atoms with Crippen molar-refractivity contribution in [2.24, 2.45) is 0 Å². The summed E-state index contributed by atoms with van der Waals surface area (Å²) in [4.78, 5) is 1.74. The Balaban J connectivity index is 2.24. The molecule has 1 aromatic carbocycles. The van der Waals surface area contributed by atoms with Gasteiger partial charge in [0.25, 0.3) is 0 Å². The predicted octanol–water partition coefficient (Wildman–Crippen LogP) is 2.29. The zero-order valence-electron chi connectivity index (χ0n) is 9.64. The molecule has 0 aromatic heterocycles. The quantitative estimate of drug-likeness (QED) is 0.762. The predicted molar refractivity (Wildman–Crippen MR) is 60.6 cm³/mol. The molecule has 1 aliphatic heterocycles. The van der Waals surface area contributed by atoms with Crippen molar-refractivity contribution in [1.29, 1.82) is 0 Å². The van der Waals surface area contributed by atoms with E-state index < -0.39 is 17.5 Å². The molecule has 0 radical (unpaired) electrons. The van der Waals surface area contributed by atoms with Crippen LogP contribution in [0.2, 0.25) is 0 Å². The lowest BCUT2D eigenvalue weighted by Gasteiger charge is -2.23. The van der Waals surface area contributed by atoms with Crippen molar-refractivity contribution in [2.75, 3.05) is 24.5 Å². The summed E-state index contributed by atoms with van der Waals surface area (Å²) < 4.78 is 39.6. The van der Waals surface area contributed by atoms with Crippen molar-refractivity contribution in [2.45, 2.75) is 19.4 Å². The van der Waals surface area contributed by atoms with E-state index in [2.05, 4.69) is 5.32 Å². The molecule has 2 nitrogen and oxygen atoms in total. The van der Waals surface area contributed by atoms with Crippen LogP contribution < -0.4 is 10.2 Å². The summed E-state index contributed by atoms with van der Waals surface area (Å²) >= 11 is 0. The van der Waals surface area contributed by atoms with Crippen LogP contribution in [-0.4, -0.2) is 25.7 Å². The Morgan fingerprint density at radius 3 is 2.71 bits per heavy atom. The van der Waals surface area contributed by atoms with Crippen LogP contribution in [0.5, 0.6) is 0 Å². The van der Waals surface area contributed by atoms with Crippen molar-refractivity contribution < 1.29 is 13.2 Å². The van der Waals surface area contributed by atoms with Gasteiger partial charge in [-0.25, -0.2) is 13.2 Å². The van der Waals surface area contributed by atoms with Crippen LogP contribution in [0.1, 0.15) is 13.3 Å². The fourth-order valence-corrected chi connectivity index (χ4v) is 2.01. The summed E-state index contributed by atoms with van der Waals surface area (Å²) in [6, 6.07) is 2.62. The first-order valence-electron chi connectivity index (χ1n) is 5.71. The van der Waals surface area contributed by atoms with Crippen molar-refractivity contribution >= 4 is 5.69 Å². The number of hydrogen-bond acceptors (Lipinski definition) is 2. The smallest absolute Gasteiger partial charge is 0.196 e. The normalized spacial score (nSPS) is 21.4. The van der Waals surface area contributed by atoms with Gasteiger partial charge < -0.3 is 10.2 Å². The van der Waals surface area contributed by atoms with E-state index in [9.17, 15) is 13.2 Å². The number of rotatable bonds is 1. The third-order valence-electron chi connectivity index (χ3n) is 3.06. The third kappa shape index (κ3) is 2.54. The van der Waals surface area contributed by atoms with Gasteiger partial charge in [0.05, 0.1) is 5.69 Å². The number of halogens is 3. The molecule has 2 rings (SSSR count). The van der Waals surface area contributed by atoms with Gasteiger partial charge in [-0.3, -0.25) is 0 Å². The molecule has 1 unspecified atom stereocenters. The molecule has 1 fully saturated rings. The Morgan fingerprint density at radius 2 is 1.94 bits per heavy atom. The topological polar surface area (TPSA) is 15.3 Å². The zero-order chi connectivity index (χ0) is 12.4. The van der Waals surface area contributed by atoms with Crippen molar-refractivity contribution in [3.8, 4) is 0 Å². The van der Waals surface area contributed by atoms with E-state index in [-0.39, 0.29) is 5.69 Å². The molecule has 1 saturated heterocycles. The second-order valence-electron chi connectivity index (χ2n) is 4.33. The van der Waals surface area contributed by atoms with Gasteiger partial charge in [0.15, 0.2) is 17.5 Å². The molecule has 1 aliphatic rings. The van der Waals surface area contributed by atoms with E-state index in [0.717, 1.165) is 12.5 Å². The maximum absolute atomic E-state index is 13.6. The molecule has 1 heterocycles. The number of anilines is 1. The van der Waals surface area contributed by atoms with E-state index in [1.807, 2.05) is 6.92 Å². The molecule has 0 amide bonds. The zero-order valence-corrected chi connectivity index (χ0v) is 9.64. The molecule has 1 aromatic rings. The van der Waals surface area contributed by atoms with Gasteiger partial charge in [-0.15, -0.1) is 0 Å². The van der Waals surface area contributed by atoms with E-state index in [1.165, 1.54) is 6.07 Å². The van der Waals surface area contributed by atoms with Crippen LogP contribution in [-0.2, 0) is 0 Å². The number of nitrogens with one attached hydrogen (secondary N) is 1. The van der Waals surface area contributed by atoms with Gasteiger partial charge in [-0.05, 0) is 25.5 Å². The lowest BCUT2D eigenvalue weighted by molar-refractivity contribution is 0.446. The van der Waals surface area contributed by atoms with Gasteiger partial charge in [0.2, 0.25) is 0 Å². The van der Waals surface area contributed by atoms with Crippen LogP contribution in [0, 0.1) is 17.5 Å². The third-order valence-corrected chi connectivity index (χ3v) is 3.06. The summed E-state index contributed by atoms with van der Waals surface area (Å²) in [7, 11) is 0. The highest BCUT2D eigenvalue weighted by Crippen LogP contribution is 2.24. The minimum atomic E-state index is -1.40. The van der Waals surface area contributed by atoms with E-state index in [4.69, 9.17) is 0 Å². The van der Waals surface area contributed by atoms with E-state index in [0.29, 0.717) is 25.7 Å². The molecular formula is C12H15F3N2. The highest BCUT2D eigenvalue weighted by atomic mass is 19.2. The maximum atomic E-state index is 13.6. The highest BCUT2D eigenvalue weighted by Gasteiger charge is 2.20. The second-order valence-corrected chi connectivity index (χ2v) is 4.33. The molecule has 0 aliphatic carbocycles. The minimum Gasteiger partial charge on any atom is -0.368 e. The summed E-state index contributed by atoms with van der Waals surface area (Å²) in [6.07, 6.45) is 0.846. The molecule has 94 valence electrons. The SMILES string of the molecule is CC1CCN(c2ccc(F)c(F)c2F)CCN1. The number of nitrogens with zero attached hydrogens (tertiary/aromatic N) is 1. The molecule has 1 atom stereocenters. The lowest BCUT2D eigenvalue weighted by atomic mass is 10.2. The first kappa shape index (κ1) is 12.2. The molecule has 0 saturated carbocycles. The monoisotopic (exact) mass is 244 g/mol. The van der Waals surface area contributed by atoms with E-state index in [1.54, 1.807) is 4.90 Å². The van der Waals surface area contributed by atoms with Crippen molar-refractivity contribution in [3.05, 3.63) is 29.6 Å². The van der Waals surface area contributed by atoms with Crippen LogP contribution in [0.25, 0.3) is 0 Å². The average Bonchev–Trinajstić information content (AvgIpc) is 2.52. The summed E-state index contributed by atoms with van der Waals surface area (Å²) in [5, 5.41) is 3.26. The summed E-state index contributed by atoms with van der Waals surface area (Å²) in [5.74, 6) is -3.64. The molecule has 1 N–H and O–H groups in total. The van der Waals surface area contributed by atoms with Gasteiger partial charge in [0.1, 0.15) is 0 Å². The average molecular weight is 244 g/mol. The Kier molecular flexibility index (Phi) is 3.57. The molecular weight excluding hydrogens is 229 g/mol. The minimum absolute atomic E-state index is 0.139. The van der Waals surface area contributed by atoms with Crippen LogP contribution in [0.4, 0.5) is 18.9 Å². The van der Waals surface area contributed by atoms with Crippen molar-refractivity contribution in [1.82, 2.24) is 5.32 Å². The summed E-state index contributed by atoms with van der Waals surface area (Å²) in [5.41, 5.74) is 0.139. The Hall–Kier alpha value is -1.23. The van der Waals surface area contributed by atoms with Crippen LogP contribution in [0.15, 0.2) is 12.1 Å². The Bertz CT molecular complexity index is 409. The first-order chi connectivity index (χ1) is 8.09. The van der Waals surface area contributed by atoms with Crippen molar-refractivity contribution in [3.63, 3.8) is 0 Å². The van der Waals surface area contributed by atoms with Crippen LogP contribution >= 0.6 is 0 Å². The largest absolute Gasteiger partial charge is 0.368 e. The fraction of sp³-hybridized carbons (Fsp3) is 0.500. The van der Waals surface area contributed by atoms with Gasteiger partial charge in [-0.2, -0.15) is 0 Å². The first-order valence-corrected chi connectivity index (χ1v) is 5.71. The Morgan fingerprint density at radius 1 is 1.18 bits per heavy atom. The highest BCUT2D eigenvalue weighted by molar-refractivity contribution is 5.48. The molecule has 0 spiro atoms. The summed E-state index contributed by atoms with van der Waals surface area (Å²) in [6.45, 7) is 3.98. The van der Waals surface area contributed by atoms with Crippen LogP contribution in [0.3, 0.4) is 0 Å². The number of hydrogen-bond donors (Lipinski definition) is 1. The fourth-order valence-electron chi connectivity index (χ4n) is 2.01. The molecule has 0 bridgehead atoms. The lowest BCUT2D eigenvalue weighted by Crippen LogP contribution is -2.29. The maximum Gasteiger partial charge on any atom is 0.196 e. The number of benzene rings is 1. The second kappa shape index (κ2) is 4.96. The van der Waals surface area contributed by atoms with Gasteiger partial charge >= 0.3 is 0 Å². The van der Waals surface area contributed by atoms with Gasteiger partial charge in [-0.1, -0.05) is 0 Å². The standard InChI is InChI=1S/C12H15F3N2/c1-8-4-6-17(7-5-16-8)10-3-2-9(13)11(14)12(10)15/h2-3,8,16H,4-7H2,1H3. The molecule has 5 heteroatoms. The Labute approximate surface area is 98.4 Å². The van der Waals surface area contributed by atoms with Gasteiger partial charge in [0, 0.05) is 25.7 Å².